The summed E-state index contributed by atoms with van der Waals surface area (Å²) in [6.45, 7) is 13.6. The van der Waals surface area contributed by atoms with E-state index in [1.54, 1.807) is 0 Å². The van der Waals surface area contributed by atoms with Gasteiger partial charge in [0.15, 0.2) is 0 Å². The number of likely N-dealkylation sites (tertiary alicyclic amines) is 2. The Kier molecular flexibility index (Phi) is 2.61. The van der Waals surface area contributed by atoms with Gasteiger partial charge in [0, 0.05) is 32.7 Å². The van der Waals surface area contributed by atoms with Crippen molar-refractivity contribution in [3.05, 3.63) is 0 Å². The molecule has 0 unspecified atom stereocenters. The minimum absolute atomic E-state index is 0.463. The molecule has 2 fully saturated rings. The van der Waals surface area contributed by atoms with Crippen molar-refractivity contribution in [1.82, 2.24) is 9.80 Å². The van der Waals surface area contributed by atoms with Gasteiger partial charge in [-0.2, -0.15) is 0 Å². The van der Waals surface area contributed by atoms with Gasteiger partial charge in [0.05, 0.1) is 0 Å². The van der Waals surface area contributed by atoms with E-state index >= 15 is 0 Å². The molecule has 0 radical (unpaired) electrons. The second kappa shape index (κ2) is 3.49. The molecule has 82 valence electrons. The highest BCUT2D eigenvalue weighted by atomic mass is 15.2. The monoisotopic (exact) mass is 196 g/mol. The van der Waals surface area contributed by atoms with Crippen LogP contribution in [0.2, 0.25) is 0 Å². The van der Waals surface area contributed by atoms with E-state index in [4.69, 9.17) is 0 Å². The molecule has 2 nitrogen and oxygen atoms in total. The van der Waals surface area contributed by atoms with Crippen LogP contribution in [-0.4, -0.2) is 49.6 Å². The van der Waals surface area contributed by atoms with Crippen LogP contribution < -0.4 is 0 Å². The van der Waals surface area contributed by atoms with E-state index in [9.17, 15) is 0 Å². The van der Waals surface area contributed by atoms with Gasteiger partial charge in [-0.15, -0.1) is 0 Å². The van der Waals surface area contributed by atoms with Gasteiger partial charge in [-0.25, -0.2) is 0 Å². The van der Waals surface area contributed by atoms with Gasteiger partial charge >= 0.3 is 0 Å². The predicted molar refractivity (Wildman–Crippen MR) is 60.4 cm³/mol. The van der Waals surface area contributed by atoms with Crippen LogP contribution in [0.3, 0.4) is 0 Å². The molecule has 0 aliphatic carbocycles. The van der Waals surface area contributed by atoms with Gasteiger partial charge < -0.3 is 9.80 Å². The molecule has 2 atom stereocenters. The van der Waals surface area contributed by atoms with Crippen molar-refractivity contribution in [1.29, 1.82) is 0 Å². The van der Waals surface area contributed by atoms with Crippen molar-refractivity contribution in [3.8, 4) is 0 Å². The second-order valence-corrected chi connectivity index (χ2v) is 6.50. The molecule has 2 saturated heterocycles. The predicted octanol–water partition coefficient (Wildman–Crippen LogP) is 1.53. The van der Waals surface area contributed by atoms with E-state index in [1.807, 2.05) is 0 Å². The first kappa shape index (κ1) is 10.4. The van der Waals surface area contributed by atoms with Crippen LogP contribution in [-0.2, 0) is 0 Å². The minimum Gasteiger partial charge on any atom is -0.306 e. The zero-order chi connectivity index (χ0) is 10.3. The van der Waals surface area contributed by atoms with Crippen molar-refractivity contribution in [3.63, 3.8) is 0 Å². The van der Waals surface area contributed by atoms with Crippen molar-refractivity contribution in [2.24, 2.45) is 17.3 Å². The van der Waals surface area contributed by atoms with Crippen molar-refractivity contribution in [2.45, 2.75) is 20.8 Å². The maximum atomic E-state index is 2.67. The zero-order valence-corrected chi connectivity index (χ0v) is 10.1. The van der Waals surface area contributed by atoms with Gasteiger partial charge in [0.2, 0.25) is 0 Å². The molecule has 0 amide bonds. The lowest BCUT2D eigenvalue weighted by atomic mass is 9.96. The molecule has 0 N–H and O–H groups in total. The fraction of sp³-hybridized carbons (Fsp3) is 1.00. The molecule has 0 aromatic carbocycles. The van der Waals surface area contributed by atoms with Crippen LogP contribution in [0.1, 0.15) is 20.8 Å². The lowest BCUT2D eigenvalue weighted by molar-refractivity contribution is 0.204. The molecule has 0 bridgehead atoms. The molecule has 2 aliphatic rings. The highest BCUT2D eigenvalue weighted by Gasteiger charge is 2.39. The van der Waals surface area contributed by atoms with Crippen molar-refractivity contribution in [2.75, 3.05) is 39.8 Å². The maximum absolute atomic E-state index is 2.67. The fourth-order valence-electron chi connectivity index (χ4n) is 3.12. The Balaban J connectivity index is 1.86. The summed E-state index contributed by atoms with van der Waals surface area (Å²) >= 11 is 0. The number of fused-ring (bicyclic) bond motifs is 1. The van der Waals surface area contributed by atoms with Crippen LogP contribution >= 0.6 is 0 Å². The van der Waals surface area contributed by atoms with Crippen LogP contribution in [0, 0.1) is 17.3 Å². The third-order valence-corrected chi connectivity index (χ3v) is 3.44. The summed E-state index contributed by atoms with van der Waals surface area (Å²) in [6, 6.07) is 0. The number of hydrogen-bond acceptors (Lipinski definition) is 2. The average Bonchev–Trinajstić information content (AvgIpc) is 2.39. The van der Waals surface area contributed by atoms with Crippen LogP contribution in [0.5, 0.6) is 0 Å². The van der Waals surface area contributed by atoms with Crippen LogP contribution in [0.25, 0.3) is 0 Å². The number of rotatable bonds is 1. The molecule has 2 heteroatoms. The third-order valence-electron chi connectivity index (χ3n) is 3.44. The maximum Gasteiger partial charge on any atom is 0.00303 e. The molecule has 2 heterocycles. The third kappa shape index (κ3) is 2.29. The van der Waals surface area contributed by atoms with E-state index in [2.05, 4.69) is 37.6 Å². The van der Waals surface area contributed by atoms with Gasteiger partial charge in [-0.3, -0.25) is 0 Å². The Bertz CT molecular complexity index is 193. The lowest BCUT2D eigenvalue weighted by Crippen LogP contribution is -2.33. The minimum atomic E-state index is 0.463. The molecule has 0 aromatic rings. The summed E-state index contributed by atoms with van der Waals surface area (Å²) in [7, 11) is 2.26. The summed E-state index contributed by atoms with van der Waals surface area (Å²) in [6.07, 6.45) is 0. The standard InChI is InChI=1S/C12H24N2/c1-12(2,3)9-14-7-10-5-13(4)6-11(10)8-14/h10-11H,5-9H2,1-4H3/t10-,11+. The van der Waals surface area contributed by atoms with Gasteiger partial charge in [0.1, 0.15) is 0 Å². The first-order valence-electron chi connectivity index (χ1n) is 5.85. The molecule has 14 heavy (non-hydrogen) atoms. The average molecular weight is 196 g/mol. The summed E-state index contributed by atoms with van der Waals surface area (Å²) in [4.78, 5) is 5.16. The Morgan fingerprint density at radius 1 is 1.00 bits per heavy atom. The SMILES string of the molecule is CN1C[C@@H]2CN(CC(C)(C)C)C[C@@H]2C1. The number of hydrogen-bond donors (Lipinski definition) is 0. The van der Waals surface area contributed by atoms with Crippen LogP contribution in [0.15, 0.2) is 0 Å². The van der Waals surface area contributed by atoms with E-state index in [0.29, 0.717) is 5.41 Å². The molecular weight excluding hydrogens is 172 g/mol. The molecular formula is C12H24N2. The molecule has 2 aliphatic heterocycles. The van der Waals surface area contributed by atoms with Crippen LogP contribution in [0.4, 0.5) is 0 Å². The van der Waals surface area contributed by atoms with E-state index in [-0.39, 0.29) is 0 Å². The fourth-order valence-corrected chi connectivity index (χ4v) is 3.12. The summed E-state index contributed by atoms with van der Waals surface area (Å²) in [5, 5.41) is 0. The van der Waals surface area contributed by atoms with Gasteiger partial charge in [-0.05, 0) is 24.3 Å². The normalized spacial score (nSPS) is 35.1. The Morgan fingerprint density at radius 2 is 1.50 bits per heavy atom. The summed E-state index contributed by atoms with van der Waals surface area (Å²) < 4.78 is 0. The number of nitrogens with zero attached hydrogens (tertiary/aromatic N) is 2. The topological polar surface area (TPSA) is 6.48 Å². The first-order valence-corrected chi connectivity index (χ1v) is 5.85. The van der Waals surface area contributed by atoms with Gasteiger partial charge in [-0.1, -0.05) is 20.8 Å². The largest absolute Gasteiger partial charge is 0.306 e. The lowest BCUT2D eigenvalue weighted by Gasteiger charge is -2.27. The molecule has 0 saturated carbocycles. The zero-order valence-electron chi connectivity index (χ0n) is 10.1. The second-order valence-electron chi connectivity index (χ2n) is 6.50. The highest BCUT2D eigenvalue weighted by molar-refractivity contribution is 4.92. The van der Waals surface area contributed by atoms with Crippen molar-refractivity contribution >= 4 is 0 Å². The van der Waals surface area contributed by atoms with E-state index in [1.165, 1.54) is 32.7 Å². The van der Waals surface area contributed by atoms with Crippen molar-refractivity contribution < 1.29 is 0 Å². The van der Waals surface area contributed by atoms with Gasteiger partial charge in [0.25, 0.3) is 0 Å². The first-order chi connectivity index (χ1) is 6.44. The molecule has 2 rings (SSSR count). The Labute approximate surface area is 88.3 Å². The smallest absolute Gasteiger partial charge is 0.00303 e. The Hall–Kier alpha value is -0.0800. The quantitative estimate of drug-likeness (QED) is 0.627. The van der Waals surface area contributed by atoms with E-state index < -0.39 is 0 Å². The molecule has 0 spiro atoms. The summed E-state index contributed by atoms with van der Waals surface area (Å²) in [5.74, 6) is 1.92. The molecule has 0 aromatic heterocycles. The Morgan fingerprint density at radius 3 is 1.93 bits per heavy atom. The highest BCUT2D eigenvalue weighted by Crippen LogP contribution is 2.31. The van der Waals surface area contributed by atoms with E-state index in [0.717, 1.165) is 11.8 Å². The summed E-state index contributed by atoms with van der Waals surface area (Å²) in [5.41, 5.74) is 0.463.